The smallest absolute Gasteiger partial charge is 0.264 e. The molecule has 0 spiro atoms. The number of benzene rings is 2. The maximum atomic E-state index is 12.7. The standard InChI is InChI=1S/C19H25NO2S/c1-3-4-5-7-10-17-13-15-19(16-14-17)23(21,22)20(2)18-11-8-6-9-12-18/h6,8-9,11-16H,3-5,7,10H2,1-2H3. The number of sulfonamides is 1. The Morgan fingerprint density at radius 1 is 0.870 bits per heavy atom. The topological polar surface area (TPSA) is 37.4 Å². The second kappa shape index (κ2) is 8.16. The van der Waals surface area contributed by atoms with Crippen molar-refractivity contribution in [3.05, 3.63) is 60.2 Å². The molecule has 3 nitrogen and oxygen atoms in total. The van der Waals surface area contributed by atoms with Gasteiger partial charge in [-0.25, -0.2) is 8.42 Å². The van der Waals surface area contributed by atoms with Crippen LogP contribution in [0.3, 0.4) is 0 Å². The van der Waals surface area contributed by atoms with Crippen molar-refractivity contribution in [2.24, 2.45) is 0 Å². The lowest BCUT2D eigenvalue weighted by molar-refractivity contribution is 0.594. The largest absolute Gasteiger partial charge is 0.269 e. The number of rotatable bonds is 8. The highest BCUT2D eigenvalue weighted by molar-refractivity contribution is 7.92. The average molecular weight is 331 g/mol. The fourth-order valence-corrected chi connectivity index (χ4v) is 3.71. The van der Waals surface area contributed by atoms with Gasteiger partial charge in [-0.15, -0.1) is 0 Å². The summed E-state index contributed by atoms with van der Waals surface area (Å²) in [5.41, 5.74) is 1.86. The van der Waals surface area contributed by atoms with Crippen molar-refractivity contribution in [3.8, 4) is 0 Å². The maximum Gasteiger partial charge on any atom is 0.264 e. The zero-order valence-electron chi connectivity index (χ0n) is 13.9. The fraction of sp³-hybridized carbons (Fsp3) is 0.368. The Bertz CT molecular complexity index is 694. The van der Waals surface area contributed by atoms with Gasteiger partial charge in [-0.1, -0.05) is 56.5 Å². The number of nitrogens with zero attached hydrogens (tertiary/aromatic N) is 1. The van der Waals surface area contributed by atoms with E-state index in [2.05, 4.69) is 6.92 Å². The van der Waals surface area contributed by atoms with Crippen LogP contribution in [0.1, 0.15) is 38.2 Å². The Kier molecular flexibility index (Phi) is 6.22. The van der Waals surface area contributed by atoms with E-state index in [1.54, 1.807) is 31.3 Å². The quantitative estimate of drug-likeness (QED) is 0.661. The number of anilines is 1. The first kappa shape index (κ1) is 17.5. The van der Waals surface area contributed by atoms with E-state index in [0.29, 0.717) is 10.6 Å². The van der Waals surface area contributed by atoms with E-state index in [1.165, 1.54) is 29.1 Å². The number of hydrogen-bond donors (Lipinski definition) is 0. The third kappa shape index (κ3) is 4.58. The van der Waals surface area contributed by atoms with Crippen molar-refractivity contribution in [2.45, 2.75) is 43.9 Å². The predicted octanol–water partition coefficient (Wildman–Crippen LogP) is 4.63. The summed E-state index contributed by atoms with van der Waals surface area (Å²) in [5.74, 6) is 0. The Morgan fingerprint density at radius 3 is 2.13 bits per heavy atom. The van der Waals surface area contributed by atoms with Crippen LogP contribution < -0.4 is 4.31 Å². The maximum absolute atomic E-state index is 12.7. The lowest BCUT2D eigenvalue weighted by Crippen LogP contribution is -2.26. The van der Waals surface area contributed by atoms with Crippen LogP contribution in [0.15, 0.2) is 59.5 Å². The van der Waals surface area contributed by atoms with Gasteiger partial charge >= 0.3 is 0 Å². The minimum atomic E-state index is -3.50. The van der Waals surface area contributed by atoms with Crippen LogP contribution in [-0.4, -0.2) is 15.5 Å². The van der Waals surface area contributed by atoms with Gasteiger partial charge in [-0.2, -0.15) is 0 Å². The predicted molar refractivity (Wildman–Crippen MR) is 96.3 cm³/mol. The molecule has 0 heterocycles. The van der Waals surface area contributed by atoms with Gasteiger partial charge in [0, 0.05) is 7.05 Å². The van der Waals surface area contributed by atoms with Gasteiger partial charge in [0.15, 0.2) is 0 Å². The van der Waals surface area contributed by atoms with Crippen LogP contribution in [0.4, 0.5) is 5.69 Å². The lowest BCUT2D eigenvalue weighted by Gasteiger charge is -2.19. The van der Waals surface area contributed by atoms with Gasteiger partial charge in [-0.05, 0) is 42.7 Å². The van der Waals surface area contributed by atoms with Gasteiger partial charge in [-0.3, -0.25) is 4.31 Å². The first-order valence-corrected chi connectivity index (χ1v) is 9.62. The van der Waals surface area contributed by atoms with Crippen LogP contribution >= 0.6 is 0 Å². The van der Waals surface area contributed by atoms with Crippen molar-refractivity contribution in [2.75, 3.05) is 11.4 Å². The van der Waals surface area contributed by atoms with Gasteiger partial charge in [0.1, 0.15) is 0 Å². The molecule has 0 fully saturated rings. The van der Waals surface area contributed by atoms with Crippen molar-refractivity contribution in [1.82, 2.24) is 0 Å². The van der Waals surface area contributed by atoms with Crippen LogP contribution in [0, 0.1) is 0 Å². The van der Waals surface area contributed by atoms with Crippen molar-refractivity contribution >= 4 is 15.7 Å². The summed E-state index contributed by atoms with van der Waals surface area (Å²) in [7, 11) is -1.92. The van der Waals surface area contributed by atoms with Crippen LogP contribution in [-0.2, 0) is 16.4 Å². The molecule has 124 valence electrons. The number of hydrogen-bond acceptors (Lipinski definition) is 2. The van der Waals surface area contributed by atoms with Crippen LogP contribution in [0.5, 0.6) is 0 Å². The number of aryl methyl sites for hydroxylation is 1. The fourth-order valence-electron chi connectivity index (χ4n) is 2.52. The van der Waals surface area contributed by atoms with Crippen LogP contribution in [0.2, 0.25) is 0 Å². The van der Waals surface area contributed by atoms with E-state index < -0.39 is 10.0 Å². The van der Waals surface area contributed by atoms with Crippen molar-refractivity contribution < 1.29 is 8.42 Å². The molecule has 0 aliphatic carbocycles. The normalized spacial score (nSPS) is 11.4. The highest BCUT2D eigenvalue weighted by Crippen LogP contribution is 2.22. The van der Waals surface area contributed by atoms with Crippen molar-refractivity contribution in [3.63, 3.8) is 0 Å². The second-order valence-electron chi connectivity index (χ2n) is 5.76. The first-order valence-electron chi connectivity index (χ1n) is 8.18. The highest BCUT2D eigenvalue weighted by atomic mass is 32.2. The molecule has 0 aliphatic rings. The molecule has 0 aromatic heterocycles. The summed E-state index contributed by atoms with van der Waals surface area (Å²) in [5, 5.41) is 0. The van der Waals surface area contributed by atoms with E-state index in [9.17, 15) is 8.42 Å². The monoisotopic (exact) mass is 331 g/mol. The average Bonchev–Trinajstić information content (AvgIpc) is 2.59. The van der Waals surface area contributed by atoms with E-state index in [0.717, 1.165) is 12.8 Å². The van der Waals surface area contributed by atoms with Crippen LogP contribution in [0.25, 0.3) is 0 Å². The Balaban J connectivity index is 2.08. The Morgan fingerprint density at radius 2 is 1.52 bits per heavy atom. The first-order chi connectivity index (χ1) is 11.1. The molecule has 0 aliphatic heterocycles. The van der Waals surface area contributed by atoms with Gasteiger partial charge in [0.2, 0.25) is 0 Å². The summed E-state index contributed by atoms with van der Waals surface area (Å²) in [6.07, 6.45) is 5.88. The molecular formula is C19H25NO2S. The molecule has 0 saturated carbocycles. The van der Waals surface area contributed by atoms with Gasteiger partial charge < -0.3 is 0 Å². The van der Waals surface area contributed by atoms with Gasteiger partial charge in [0.25, 0.3) is 10.0 Å². The third-order valence-corrected chi connectivity index (χ3v) is 5.82. The molecule has 23 heavy (non-hydrogen) atoms. The second-order valence-corrected chi connectivity index (χ2v) is 7.73. The van der Waals surface area contributed by atoms with E-state index in [4.69, 9.17) is 0 Å². The van der Waals surface area contributed by atoms with E-state index in [1.807, 2.05) is 30.3 Å². The highest BCUT2D eigenvalue weighted by Gasteiger charge is 2.20. The molecule has 0 unspecified atom stereocenters. The molecule has 2 aromatic carbocycles. The SMILES string of the molecule is CCCCCCc1ccc(S(=O)(=O)N(C)c2ccccc2)cc1. The molecule has 0 atom stereocenters. The zero-order chi connectivity index (χ0) is 16.7. The van der Waals surface area contributed by atoms with Crippen molar-refractivity contribution in [1.29, 1.82) is 0 Å². The molecular weight excluding hydrogens is 306 g/mol. The molecule has 0 N–H and O–H groups in total. The minimum Gasteiger partial charge on any atom is -0.269 e. The summed E-state index contributed by atoms with van der Waals surface area (Å²) in [6.45, 7) is 2.20. The molecule has 2 rings (SSSR count). The molecule has 0 saturated heterocycles. The summed E-state index contributed by atoms with van der Waals surface area (Å²) < 4.78 is 26.7. The third-order valence-electron chi connectivity index (χ3n) is 4.02. The molecule has 2 aromatic rings. The summed E-state index contributed by atoms with van der Waals surface area (Å²) in [6, 6.07) is 16.4. The number of para-hydroxylation sites is 1. The minimum absolute atomic E-state index is 0.334. The lowest BCUT2D eigenvalue weighted by atomic mass is 10.1. The Labute approximate surface area is 140 Å². The Hall–Kier alpha value is -1.81. The molecule has 0 bridgehead atoms. The van der Waals surface area contributed by atoms with Gasteiger partial charge in [0.05, 0.1) is 10.6 Å². The van der Waals surface area contributed by atoms with E-state index >= 15 is 0 Å². The summed E-state index contributed by atoms with van der Waals surface area (Å²) >= 11 is 0. The zero-order valence-corrected chi connectivity index (χ0v) is 14.7. The summed E-state index contributed by atoms with van der Waals surface area (Å²) in [4.78, 5) is 0.334. The molecule has 0 radical (unpaired) electrons. The van der Waals surface area contributed by atoms with E-state index in [-0.39, 0.29) is 0 Å². The molecule has 4 heteroatoms. The molecule has 0 amide bonds. The number of unbranched alkanes of at least 4 members (excludes halogenated alkanes) is 3.